The summed E-state index contributed by atoms with van der Waals surface area (Å²) in [6.45, 7) is 9.98. The molecule has 3 aromatic rings. The fourth-order valence-corrected chi connectivity index (χ4v) is 5.03. The van der Waals surface area contributed by atoms with Crippen molar-refractivity contribution in [3.05, 3.63) is 40.2 Å². The lowest BCUT2D eigenvalue weighted by atomic mass is 10.0. The molecule has 0 radical (unpaired) electrons. The normalized spacial score (nSPS) is 14.1. The van der Waals surface area contributed by atoms with Gasteiger partial charge in [-0.25, -0.2) is 9.97 Å². The van der Waals surface area contributed by atoms with Gasteiger partial charge >= 0.3 is 0 Å². The van der Waals surface area contributed by atoms with E-state index in [0.29, 0.717) is 39.3 Å². The summed E-state index contributed by atoms with van der Waals surface area (Å²) < 4.78 is 6.03. The molecular formula is C23H26ClN5O2S. The number of hydrogen-bond donors (Lipinski definition) is 2. The van der Waals surface area contributed by atoms with Crippen molar-refractivity contribution in [1.82, 2.24) is 20.2 Å². The molecule has 0 aliphatic carbocycles. The number of hydrogen-bond acceptors (Lipinski definition) is 7. The zero-order valence-corrected chi connectivity index (χ0v) is 19.6. The summed E-state index contributed by atoms with van der Waals surface area (Å²) in [5.74, 6) is 0.570. The molecule has 0 saturated carbocycles. The highest BCUT2D eigenvalue weighted by molar-refractivity contribution is 7.20. The SMILES string of the molecule is C=Cc1cc(Cl)c(OCCN2CCCC2)cc1-c1nc(N)nc2sc(C(=O)NCC)cc12. The van der Waals surface area contributed by atoms with Gasteiger partial charge in [0.15, 0.2) is 0 Å². The molecule has 168 valence electrons. The monoisotopic (exact) mass is 471 g/mol. The molecule has 2 aromatic heterocycles. The van der Waals surface area contributed by atoms with Gasteiger partial charge in [0.25, 0.3) is 5.91 Å². The zero-order chi connectivity index (χ0) is 22.7. The van der Waals surface area contributed by atoms with Crippen LogP contribution in [0.5, 0.6) is 5.75 Å². The van der Waals surface area contributed by atoms with Gasteiger partial charge in [0.05, 0.1) is 15.6 Å². The maximum atomic E-state index is 12.4. The Kier molecular flexibility index (Phi) is 6.93. The molecule has 0 unspecified atom stereocenters. The van der Waals surface area contributed by atoms with Gasteiger partial charge in [0, 0.05) is 24.0 Å². The van der Waals surface area contributed by atoms with Gasteiger partial charge in [0.2, 0.25) is 5.95 Å². The zero-order valence-electron chi connectivity index (χ0n) is 18.0. The van der Waals surface area contributed by atoms with E-state index < -0.39 is 0 Å². The van der Waals surface area contributed by atoms with Crippen molar-refractivity contribution in [1.29, 1.82) is 0 Å². The van der Waals surface area contributed by atoms with Crippen molar-refractivity contribution in [3.63, 3.8) is 0 Å². The maximum Gasteiger partial charge on any atom is 0.261 e. The molecule has 4 rings (SSSR count). The van der Waals surface area contributed by atoms with Gasteiger partial charge in [-0.05, 0) is 56.6 Å². The second kappa shape index (κ2) is 9.85. The quantitative estimate of drug-likeness (QED) is 0.503. The van der Waals surface area contributed by atoms with Crippen LogP contribution in [0.15, 0.2) is 24.8 Å². The number of carbonyl (C=O) groups is 1. The number of amides is 1. The number of nitrogens with two attached hydrogens (primary N) is 1. The first-order chi connectivity index (χ1) is 15.5. The van der Waals surface area contributed by atoms with E-state index in [0.717, 1.165) is 36.1 Å². The minimum absolute atomic E-state index is 0.137. The molecule has 0 atom stereocenters. The van der Waals surface area contributed by atoms with Crippen LogP contribution >= 0.6 is 22.9 Å². The molecule has 3 heterocycles. The second-order valence-corrected chi connectivity index (χ2v) is 9.03. The minimum atomic E-state index is -0.147. The lowest BCUT2D eigenvalue weighted by molar-refractivity contribution is 0.0960. The van der Waals surface area contributed by atoms with Crippen molar-refractivity contribution in [2.24, 2.45) is 0 Å². The lowest BCUT2D eigenvalue weighted by Crippen LogP contribution is -2.25. The first-order valence-corrected chi connectivity index (χ1v) is 11.9. The third-order valence-electron chi connectivity index (χ3n) is 5.41. The first-order valence-electron chi connectivity index (χ1n) is 10.7. The number of carbonyl (C=O) groups excluding carboxylic acids is 1. The van der Waals surface area contributed by atoms with Crippen molar-refractivity contribution in [2.75, 3.05) is 38.5 Å². The number of benzene rings is 1. The van der Waals surface area contributed by atoms with E-state index in [1.807, 2.05) is 19.1 Å². The average Bonchev–Trinajstić information content (AvgIpc) is 3.44. The van der Waals surface area contributed by atoms with Gasteiger partial charge in [0.1, 0.15) is 17.2 Å². The maximum absolute atomic E-state index is 12.4. The van der Waals surface area contributed by atoms with Gasteiger partial charge in [-0.2, -0.15) is 0 Å². The van der Waals surface area contributed by atoms with Crippen LogP contribution in [-0.4, -0.2) is 53.6 Å². The van der Waals surface area contributed by atoms with E-state index in [-0.39, 0.29) is 11.9 Å². The van der Waals surface area contributed by atoms with E-state index >= 15 is 0 Å². The fourth-order valence-electron chi connectivity index (χ4n) is 3.85. The van der Waals surface area contributed by atoms with Crippen LogP contribution in [0.4, 0.5) is 5.95 Å². The number of aromatic nitrogens is 2. The number of thiophene rings is 1. The van der Waals surface area contributed by atoms with Crippen molar-refractivity contribution in [3.8, 4) is 17.0 Å². The molecule has 1 aromatic carbocycles. The second-order valence-electron chi connectivity index (χ2n) is 7.59. The smallest absolute Gasteiger partial charge is 0.261 e. The summed E-state index contributed by atoms with van der Waals surface area (Å²) in [5, 5.41) is 4.08. The van der Waals surface area contributed by atoms with Gasteiger partial charge in [-0.15, -0.1) is 11.3 Å². The van der Waals surface area contributed by atoms with E-state index in [2.05, 4.69) is 26.8 Å². The van der Waals surface area contributed by atoms with Gasteiger partial charge in [-0.1, -0.05) is 24.3 Å². The molecule has 3 N–H and O–H groups in total. The number of halogens is 1. The summed E-state index contributed by atoms with van der Waals surface area (Å²) >= 11 is 7.78. The first kappa shape index (κ1) is 22.5. The minimum Gasteiger partial charge on any atom is -0.491 e. The van der Waals surface area contributed by atoms with E-state index in [1.165, 1.54) is 24.2 Å². The van der Waals surface area contributed by atoms with E-state index in [1.54, 1.807) is 12.1 Å². The Morgan fingerprint density at radius 2 is 2.12 bits per heavy atom. The van der Waals surface area contributed by atoms with Crippen LogP contribution in [0.1, 0.15) is 35.0 Å². The highest BCUT2D eigenvalue weighted by atomic mass is 35.5. The Bertz CT molecular complexity index is 1160. The van der Waals surface area contributed by atoms with E-state index in [9.17, 15) is 4.79 Å². The van der Waals surface area contributed by atoms with Crippen molar-refractivity contribution in [2.45, 2.75) is 19.8 Å². The Balaban J connectivity index is 1.72. The third-order valence-corrected chi connectivity index (χ3v) is 6.74. The molecule has 0 bridgehead atoms. The predicted molar refractivity (Wildman–Crippen MR) is 132 cm³/mol. The number of nitrogen functional groups attached to an aromatic ring is 1. The molecule has 0 spiro atoms. The summed E-state index contributed by atoms with van der Waals surface area (Å²) in [5.41, 5.74) is 8.21. The number of rotatable bonds is 8. The summed E-state index contributed by atoms with van der Waals surface area (Å²) in [4.78, 5) is 24.8. The largest absolute Gasteiger partial charge is 0.491 e. The highest BCUT2D eigenvalue weighted by Gasteiger charge is 2.19. The summed E-state index contributed by atoms with van der Waals surface area (Å²) in [6.07, 6.45) is 4.20. The molecule has 1 fully saturated rings. The van der Waals surface area contributed by atoms with Crippen LogP contribution < -0.4 is 15.8 Å². The van der Waals surface area contributed by atoms with Crippen molar-refractivity contribution < 1.29 is 9.53 Å². The van der Waals surface area contributed by atoms with Crippen LogP contribution in [-0.2, 0) is 0 Å². The molecule has 1 saturated heterocycles. The molecule has 1 aliphatic rings. The lowest BCUT2D eigenvalue weighted by Gasteiger charge is -2.17. The number of fused-ring (bicyclic) bond motifs is 1. The molecule has 32 heavy (non-hydrogen) atoms. The molecular weight excluding hydrogens is 446 g/mol. The predicted octanol–water partition coefficient (Wildman–Crippen LogP) is 4.46. The molecule has 1 amide bonds. The highest BCUT2D eigenvalue weighted by Crippen LogP contribution is 2.39. The van der Waals surface area contributed by atoms with Crippen LogP contribution in [0, 0.1) is 0 Å². The summed E-state index contributed by atoms with van der Waals surface area (Å²) in [6, 6.07) is 5.49. The number of nitrogens with zero attached hydrogens (tertiary/aromatic N) is 3. The molecule has 7 nitrogen and oxygen atoms in total. The number of anilines is 1. The Morgan fingerprint density at radius 1 is 1.34 bits per heavy atom. The van der Waals surface area contributed by atoms with Crippen LogP contribution in [0.25, 0.3) is 27.6 Å². The van der Waals surface area contributed by atoms with Crippen LogP contribution in [0.3, 0.4) is 0 Å². The average molecular weight is 472 g/mol. The van der Waals surface area contributed by atoms with Crippen LogP contribution in [0.2, 0.25) is 5.02 Å². The Labute approximate surface area is 196 Å². The van der Waals surface area contributed by atoms with Gasteiger partial charge in [-0.3, -0.25) is 9.69 Å². The standard InChI is InChI=1S/C23H26ClN5O2S/c1-3-14-11-17(24)18(31-10-9-29-7-5-6-8-29)12-15(14)20-16-13-19(21(30)26-4-2)32-22(16)28-23(25)27-20/h3,11-13H,1,4-10H2,2H3,(H,26,30)(H2,25,27,28). The fraction of sp³-hybridized carbons (Fsp3) is 0.348. The Hall–Kier alpha value is -2.68. The molecule has 1 aliphatic heterocycles. The topological polar surface area (TPSA) is 93.4 Å². The molecule has 9 heteroatoms. The summed E-state index contributed by atoms with van der Waals surface area (Å²) in [7, 11) is 0. The third kappa shape index (κ3) is 4.72. The number of likely N-dealkylation sites (tertiary alicyclic amines) is 1. The Morgan fingerprint density at radius 3 is 2.84 bits per heavy atom. The van der Waals surface area contributed by atoms with E-state index in [4.69, 9.17) is 22.1 Å². The van der Waals surface area contributed by atoms with Crippen molar-refractivity contribution >= 4 is 51.1 Å². The number of nitrogens with one attached hydrogen (secondary N) is 1. The van der Waals surface area contributed by atoms with Gasteiger partial charge < -0.3 is 15.8 Å². The number of ether oxygens (including phenoxy) is 1.